The second-order valence-electron chi connectivity index (χ2n) is 7.52. The van der Waals surface area contributed by atoms with Gasteiger partial charge in [-0.05, 0) is 42.3 Å². The average molecular weight is 467 g/mol. The molecule has 0 aliphatic carbocycles. The fourth-order valence-electron chi connectivity index (χ4n) is 3.88. The molecule has 10 heteroatoms. The van der Waals surface area contributed by atoms with Crippen LogP contribution in [0.15, 0.2) is 45.9 Å². The predicted octanol–water partition coefficient (Wildman–Crippen LogP) is 4.91. The van der Waals surface area contributed by atoms with Crippen LogP contribution in [0.3, 0.4) is 0 Å². The van der Waals surface area contributed by atoms with E-state index in [9.17, 15) is 9.70 Å². The summed E-state index contributed by atoms with van der Waals surface area (Å²) in [5.41, 5.74) is 2.62. The van der Waals surface area contributed by atoms with Gasteiger partial charge in [0.2, 0.25) is 5.82 Å². The van der Waals surface area contributed by atoms with E-state index >= 15 is 0 Å². The fourth-order valence-corrected chi connectivity index (χ4v) is 4.91. The third-order valence-electron chi connectivity index (χ3n) is 5.57. The van der Waals surface area contributed by atoms with E-state index in [0.717, 1.165) is 31.6 Å². The first-order valence-corrected chi connectivity index (χ1v) is 11.6. The average Bonchev–Trinajstić information content (AvgIpc) is 3.28. The molecule has 0 saturated carbocycles. The van der Waals surface area contributed by atoms with Crippen molar-refractivity contribution in [2.45, 2.75) is 12.8 Å². The number of hydrogen-bond donors (Lipinski definition) is 0. The van der Waals surface area contributed by atoms with E-state index in [4.69, 9.17) is 11.6 Å². The molecule has 2 aromatic heterocycles. The van der Waals surface area contributed by atoms with Crippen LogP contribution >= 0.6 is 22.9 Å². The summed E-state index contributed by atoms with van der Waals surface area (Å²) in [6, 6.07) is 7.71. The molecule has 0 radical (unpaired) electrons. The zero-order valence-corrected chi connectivity index (χ0v) is 18.6. The topological polar surface area (TPSA) is 91.1 Å². The van der Waals surface area contributed by atoms with Crippen molar-refractivity contribution in [3.05, 3.63) is 57.0 Å². The Hall–Kier alpha value is -3.17. The Balaban J connectivity index is 1.40. The summed E-state index contributed by atoms with van der Waals surface area (Å²) in [5.74, 6) is 0.265. The molecule has 32 heavy (non-hydrogen) atoms. The molecule has 0 unspecified atom stereocenters. The van der Waals surface area contributed by atoms with Crippen LogP contribution in [0.4, 0.5) is 11.5 Å². The number of thiophene rings is 1. The van der Waals surface area contributed by atoms with Gasteiger partial charge in [0.1, 0.15) is 15.9 Å². The molecule has 0 bridgehead atoms. The fraction of sp³-hybridized carbons (Fsp3) is 0.273. The molecule has 1 aromatic carbocycles. The van der Waals surface area contributed by atoms with Gasteiger partial charge in [0, 0.05) is 48.5 Å². The normalized spacial score (nSPS) is 16.3. The van der Waals surface area contributed by atoms with Gasteiger partial charge in [-0.15, -0.1) is 16.2 Å². The van der Waals surface area contributed by atoms with E-state index in [-0.39, 0.29) is 11.7 Å². The van der Waals surface area contributed by atoms with Crippen LogP contribution in [-0.4, -0.2) is 53.2 Å². The molecule has 3 aromatic rings. The van der Waals surface area contributed by atoms with Crippen LogP contribution < -0.4 is 4.90 Å². The quantitative estimate of drug-likeness (QED) is 0.509. The molecule has 5 rings (SSSR count). The number of hydrogen-bond acceptors (Lipinski definition) is 8. The molecule has 1 amide bonds. The largest absolute Gasteiger partial charge is 0.368 e. The second-order valence-corrected chi connectivity index (χ2v) is 8.84. The molecule has 0 atom stereocenters. The molecule has 8 nitrogen and oxygen atoms in total. The Morgan fingerprint density at radius 1 is 1.06 bits per heavy atom. The van der Waals surface area contributed by atoms with Crippen molar-refractivity contribution in [2.24, 2.45) is 10.2 Å². The Kier molecular flexibility index (Phi) is 5.67. The van der Waals surface area contributed by atoms with E-state index in [1.807, 2.05) is 35.2 Å². The number of allylic oxidation sites excluding steroid dienone is 1. The van der Waals surface area contributed by atoms with E-state index < -0.39 is 0 Å². The van der Waals surface area contributed by atoms with Gasteiger partial charge < -0.3 is 9.80 Å². The van der Waals surface area contributed by atoms with Crippen LogP contribution in [0.2, 0.25) is 5.02 Å². The number of carbonyl (C=O) groups is 1. The van der Waals surface area contributed by atoms with Gasteiger partial charge in [-0.3, -0.25) is 9.79 Å². The van der Waals surface area contributed by atoms with E-state index in [2.05, 4.69) is 25.0 Å². The predicted molar refractivity (Wildman–Crippen MR) is 128 cm³/mol. The zero-order chi connectivity index (χ0) is 22.1. The van der Waals surface area contributed by atoms with E-state index in [1.54, 1.807) is 11.6 Å². The molecule has 4 heterocycles. The van der Waals surface area contributed by atoms with Gasteiger partial charge in [0.15, 0.2) is 5.82 Å². The smallest absolute Gasteiger partial charge is 0.257 e. The Labute approximate surface area is 193 Å². The molecule has 2 aliphatic heterocycles. The molecular formula is C22H19ClN6O2S. The third kappa shape index (κ3) is 3.89. The minimum atomic E-state index is -0.102. The SMILES string of the molecule is O=Nc1nc(C2=CCCC=N2)nc2c(C(=O)N3CCN(c4ccc(Cl)cc4)CC3)csc12. The lowest BCUT2D eigenvalue weighted by atomic mass is 10.2. The second kappa shape index (κ2) is 8.76. The molecule has 2 aliphatic rings. The number of aromatic nitrogens is 2. The number of anilines is 1. The van der Waals surface area contributed by atoms with Gasteiger partial charge in [0.25, 0.3) is 5.91 Å². The highest BCUT2D eigenvalue weighted by atomic mass is 35.5. The Morgan fingerprint density at radius 2 is 1.84 bits per heavy atom. The molecule has 0 N–H and O–H groups in total. The van der Waals surface area contributed by atoms with Crippen LogP contribution in [0, 0.1) is 4.91 Å². The Bertz CT molecular complexity index is 1250. The lowest BCUT2D eigenvalue weighted by Gasteiger charge is -2.36. The number of amides is 1. The van der Waals surface area contributed by atoms with E-state index in [1.165, 1.54) is 11.3 Å². The first-order valence-electron chi connectivity index (χ1n) is 10.3. The minimum Gasteiger partial charge on any atom is -0.368 e. The zero-order valence-electron chi connectivity index (χ0n) is 17.1. The van der Waals surface area contributed by atoms with Crippen molar-refractivity contribution in [3.8, 4) is 0 Å². The Morgan fingerprint density at radius 3 is 2.53 bits per heavy atom. The van der Waals surface area contributed by atoms with Crippen LogP contribution in [0.5, 0.6) is 0 Å². The maximum absolute atomic E-state index is 13.3. The summed E-state index contributed by atoms with van der Waals surface area (Å²) in [7, 11) is 0. The number of aliphatic imine (C=N–C) groups is 1. The highest BCUT2D eigenvalue weighted by Crippen LogP contribution is 2.34. The van der Waals surface area contributed by atoms with Crippen LogP contribution in [0.1, 0.15) is 29.0 Å². The number of nitroso groups, excluding NO2 is 1. The molecule has 0 spiro atoms. The monoisotopic (exact) mass is 466 g/mol. The number of rotatable bonds is 4. The summed E-state index contributed by atoms with van der Waals surface area (Å²) in [6.45, 7) is 2.62. The van der Waals surface area contributed by atoms with Gasteiger partial charge in [0.05, 0.1) is 5.56 Å². The molecular weight excluding hydrogens is 448 g/mol. The van der Waals surface area contributed by atoms with Gasteiger partial charge in [-0.1, -0.05) is 17.7 Å². The summed E-state index contributed by atoms with van der Waals surface area (Å²) in [5, 5.41) is 5.52. The molecule has 162 valence electrons. The van der Waals surface area contributed by atoms with Crippen molar-refractivity contribution in [2.75, 3.05) is 31.1 Å². The highest BCUT2D eigenvalue weighted by Gasteiger charge is 2.26. The molecule has 1 fully saturated rings. The number of benzene rings is 1. The number of piperazine rings is 1. The van der Waals surface area contributed by atoms with Gasteiger partial charge >= 0.3 is 0 Å². The van der Waals surface area contributed by atoms with E-state index in [0.29, 0.717) is 45.4 Å². The van der Waals surface area contributed by atoms with Gasteiger partial charge in [-0.25, -0.2) is 9.97 Å². The van der Waals surface area contributed by atoms with Crippen molar-refractivity contribution in [1.82, 2.24) is 14.9 Å². The number of nitrogens with zero attached hydrogens (tertiary/aromatic N) is 6. The number of carbonyl (C=O) groups excluding carboxylic acids is 1. The van der Waals surface area contributed by atoms with Crippen molar-refractivity contribution in [1.29, 1.82) is 0 Å². The summed E-state index contributed by atoms with van der Waals surface area (Å²) in [6.07, 6.45) is 5.42. The van der Waals surface area contributed by atoms with Crippen molar-refractivity contribution in [3.63, 3.8) is 0 Å². The minimum absolute atomic E-state index is 0.0447. The van der Waals surface area contributed by atoms with Crippen molar-refractivity contribution < 1.29 is 4.79 Å². The first-order chi connectivity index (χ1) is 15.6. The van der Waals surface area contributed by atoms with Crippen molar-refractivity contribution >= 4 is 62.5 Å². The maximum atomic E-state index is 13.3. The highest BCUT2D eigenvalue weighted by molar-refractivity contribution is 7.18. The summed E-state index contributed by atoms with van der Waals surface area (Å²) >= 11 is 7.25. The van der Waals surface area contributed by atoms with Crippen LogP contribution in [0.25, 0.3) is 15.9 Å². The first kappa shape index (κ1) is 20.7. The summed E-state index contributed by atoms with van der Waals surface area (Å²) < 4.78 is 0.521. The number of fused-ring (bicyclic) bond motifs is 1. The lowest BCUT2D eigenvalue weighted by molar-refractivity contribution is 0.0749. The maximum Gasteiger partial charge on any atom is 0.257 e. The third-order valence-corrected chi connectivity index (χ3v) is 6.78. The van der Waals surface area contributed by atoms with Crippen LogP contribution in [-0.2, 0) is 0 Å². The van der Waals surface area contributed by atoms with Gasteiger partial charge in [-0.2, -0.15) is 0 Å². The number of halogens is 1. The summed E-state index contributed by atoms with van der Waals surface area (Å²) in [4.78, 5) is 42.0. The standard InChI is InChI=1S/C22H19ClN6O2S/c23-14-4-6-15(7-5-14)28-9-11-29(12-10-28)22(30)16-13-32-19-18(16)25-20(26-21(19)27-31)17-3-1-2-8-24-17/h3-8,13H,1-2,9-12H2. The molecule has 1 saturated heterocycles. The lowest BCUT2D eigenvalue weighted by Crippen LogP contribution is -2.48.